The van der Waals surface area contributed by atoms with Crippen LogP contribution < -0.4 is 5.73 Å². The highest BCUT2D eigenvalue weighted by molar-refractivity contribution is 5.45. The second-order valence-corrected chi connectivity index (χ2v) is 7.43. The van der Waals surface area contributed by atoms with Gasteiger partial charge in [-0.25, -0.2) is 0 Å². The van der Waals surface area contributed by atoms with Crippen molar-refractivity contribution in [1.29, 1.82) is 0 Å². The quantitative estimate of drug-likeness (QED) is 0.800. The monoisotopic (exact) mass is 274 g/mol. The van der Waals surface area contributed by atoms with E-state index in [4.69, 9.17) is 10.5 Å². The van der Waals surface area contributed by atoms with E-state index in [1.165, 1.54) is 11.1 Å². The minimum Gasteiger partial charge on any atom is -0.399 e. The number of hydrogen-bond acceptors (Lipinski definition) is 3. The topological polar surface area (TPSA) is 38.5 Å². The first-order valence-corrected chi connectivity index (χ1v) is 7.58. The zero-order valence-corrected chi connectivity index (χ0v) is 13.1. The summed E-state index contributed by atoms with van der Waals surface area (Å²) in [6.45, 7) is 11.0. The minimum atomic E-state index is -0.0820. The first-order valence-electron chi connectivity index (χ1n) is 7.58. The van der Waals surface area contributed by atoms with Gasteiger partial charge in [-0.05, 0) is 63.8 Å². The van der Waals surface area contributed by atoms with Crippen LogP contribution in [0.25, 0.3) is 0 Å². The lowest BCUT2D eigenvalue weighted by atomic mass is 9.90. The van der Waals surface area contributed by atoms with Crippen LogP contribution in [0.4, 0.5) is 5.69 Å². The molecule has 1 aromatic rings. The van der Waals surface area contributed by atoms with Gasteiger partial charge in [0.25, 0.3) is 0 Å². The molecule has 2 N–H and O–H groups in total. The molecule has 2 aliphatic rings. The summed E-state index contributed by atoms with van der Waals surface area (Å²) in [5.41, 5.74) is 9.53. The molecule has 1 saturated heterocycles. The number of anilines is 1. The highest BCUT2D eigenvalue weighted by Crippen LogP contribution is 2.41. The van der Waals surface area contributed by atoms with E-state index in [1.54, 1.807) is 0 Å². The summed E-state index contributed by atoms with van der Waals surface area (Å²) in [7, 11) is 0. The van der Waals surface area contributed by atoms with Crippen LogP contribution in [0.5, 0.6) is 0 Å². The number of nitrogens with zero attached hydrogens (tertiary/aromatic N) is 1. The second kappa shape index (κ2) is 4.47. The fourth-order valence-electron chi connectivity index (χ4n) is 3.97. The Morgan fingerprint density at radius 2 is 1.95 bits per heavy atom. The van der Waals surface area contributed by atoms with E-state index in [1.807, 2.05) is 6.07 Å². The highest BCUT2D eigenvalue weighted by atomic mass is 16.5. The Hall–Kier alpha value is -1.06. The normalized spacial score (nSPS) is 28.3. The van der Waals surface area contributed by atoms with Gasteiger partial charge >= 0.3 is 0 Å². The van der Waals surface area contributed by atoms with E-state index in [9.17, 15) is 0 Å². The minimum absolute atomic E-state index is 0.0237. The van der Waals surface area contributed by atoms with Crippen LogP contribution in [-0.2, 0) is 17.7 Å². The molecule has 1 aromatic carbocycles. The molecule has 1 fully saturated rings. The number of ether oxygens (including phenoxy) is 1. The predicted molar refractivity (Wildman–Crippen MR) is 82.6 cm³/mol. The molecule has 2 heterocycles. The van der Waals surface area contributed by atoms with Gasteiger partial charge in [0.05, 0.1) is 11.2 Å². The van der Waals surface area contributed by atoms with E-state index < -0.39 is 0 Å². The number of nitrogens with two attached hydrogens (primary N) is 1. The van der Waals surface area contributed by atoms with Gasteiger partial charge in [-0.2, -0.15) is 0 Å². The van der Waals surface area contributed by atoms with Crippen molar-refractivity contribution in [2.24, 2.45) is 0 Å². The van der Waals surface area contributed by atoms with Gasteiger partial charge in [-0.15, -0.1) is 0 Å². The Balaban J connectivity index is 1.83. The lowest BCUT2D eigenvalue weighted by molar-refractivity contribution is -0.0817. The molecule has 0 aromatic heterocycles. The molecule has 0 amide bonds. The molecule has 110 valence electrons. The third-order valence-electron chi connectivity index (χ3n) is 4.74. The first-order chi connectivity index (χ1) is 9.27. The smallest absolute Gasteiger partial charge is 0.0789 e. The summed E-state index contributed by atoms with van der Waals surface area (Å²) in [6, 6.07) is 6.81. The molecule has 1 unspecified atom stereocenters. The number of nitrogen functional groups attached to an aromatic ring is 1. The molecule has 0 bridgehead atoms. The van der Waals surface area contributed by atoms with Crippen molar-refractivity contribution in [2.45, 2.75) is 64.3 Å². The molecule has 2 aliphatic heterocycles. The maximum Gasteiger partial charge on any atom is 0.0789 e. The van der Waals surface area contributed by atoms with Crippen molar-refractivity contribution >= 4 is 5.69 Å². The fourth-order valence-corrected chi connectivity index (χ4v) is 3.97. The Morgan fingerprint density at radius 1 is 1.20 bits per heavy atom. The Kier molecular flexibility index (Phi) is 3.11. The number of rotatable bonds is 1. The summed E-state index contributed by atoms with van der Waals surface area (Å²) in [5, 5.41) is 0. The largest absolute Gasteiger partial charge is 0.399 e. The molecule has 1 atom stereocenters. The molecule has 0 spiro atoms. The maximum atomic E-state index is 6.25. The third-order valence-corrected chi connectivity index (χ3v) is 4.74. The van der Waals surface area contributed by atoms with E-state index in [0.717, 1.165) is 31.6 Å². The average Bonchev–Trinajstić information content (AvgIpc) is 2.56. The second-order valence-electron chi connectivity index (χ2n) is 7.43. The fraction of sp³-hybridized carbons (Fsp3) is 0.647. The lowest BCUT2D eigenvalue weighted by Crippen LogP contribution is -2.48. The molecule has 3 rings (SSSR count). The van der Waals surface area contributed by atoms with Crippen molar-refractivity contribution in [1.82, 2.24) is 4.90 Å². The van der Waals surface area contributed by atoms with Crippen molar-refractivity contribution in [3.05, 3.63) is 29.3 Å². The molecule has 0 aliphatic carbocycles. The first kappa shape index (κ1) is 13.9. The molecule has 0 saturated carbocycles. The Bertz CT molecular complexity index is 522. The van der Waals surface area contributed by atoms with Crippen LogP contribution >= 0.6 is 0 Å². The van der Waals surface area contributed by atoms with Crippen LogP contribution in [0, 0.1) is 0 Å². The Labute approximate surface area is 122 Å². The van der Waals surface area contributed by atoms with Crippen LogP contribution in [-0.4, -0.2) is 28.7 Å². The summed E-state index contributed by atoms with van der Waals surface area (Å²) >= 11 is 0. The van der Waals surface area contributed by atoms with Crippen LogP contribution in [0.2, 0.25) is 0 Å². The van der Waals surface area contributed by atoms with Crippen molar-refractivity contribution in [2.75, 3.05) is 12.3 Å². The molecule has 3 nitrogen and oxygen atoms in total. The van der Waals surface area contributed by atoms with Crippen LogP contribution in [0.15, 0.2) is 18.2 Å². The van der Waals surface area contributed by atoms with Crippen molar-refractivity contribution < 1.29 is 4.74 Å². The Morgan fingerprint density at radius 3 is 2.60 bits per heavy atom. The molecule has 0 radical (unpaired) electrons. The van der Waals surface area contributed by atoms with E-state index >= 15 is 0 Å². The summed E-state index contributed by atoms with van der Waals surface area (Å²) < 4.78 is 6.25. The van der Waals surface area contributed by atoms with E-state index in [0.29, 0.717) is 6.04 Å². The molecule has 20 heavy (non-hydrogen) atoms. The number of benzene rings is 1. The number of hydrogen-bond donors (Lipinski definition) is 1. The average molecular weight is 274 g/mol. The standard InChI is InChI=1S/C17H26N2O/c1-16(2)10-15(17(3,4)20-16)19-8-7-12-5-6-14(18)9-13(12)11-19/h5-6,9,15H,7-8,10-11,18H2,1-4H3. The third kappa shape index (κ3) is 2.45. The van der Waals surface area contributed by atoms with Crippen LogP contribution in [0.1, 0.15) is 45.2 Å². The van der Waals surface area contributed by atoms with Gasteiger partial charge in [0.2, 0.25) is 0 Å². The summed E-state index contributed by atoms with van der Waals surface area (Å²) in [4.78, 5) is 2.58. The molecular weight excluding hydrogens is 248 g/mol. The summed E-state index contributed by atoms with van der Waals surface area (Å²) in [6.07, 6.45) is 2.21. The maximum absolute atomic E-state index is 6.25. The van der Waals surface area contributed by atoms with Crippen molar-refractivity contribution in [3.8, 4) is 0 Å². The van der Waals surface area contributed by atoms with Gasteiger partial charge < -0.3 is 10.5 Å². The number of fused-ring (bicyclic) bond motifs is 1. The predicted octanol–water partition coefficient (Wildman–Crippen LogP) is 2.97. The van der Waals surface area contributed by atoms with Gasteiger partial charge in [-0.3, -0.25) is 4.90 Å². The molecule has 3 heteroatoms. The summed E-state index contributed by atoms with van der Waals surface area (Å²) in [5.74, 6) is 0. The van der Waals surface area contributed by atoms with Gasteiger partial charge in [0.15, 0.2) is 0 Å². The van der Waals surface area contributed by atoms with Gasteiger partial charge in [0, 0.05) is 24.8 Å². The van der Waals surface area contributed by atoms with Crippen molar-refractivity contribution in [3.63, 3.8) is 0 Å². The SMILES string of the molecule is CC1(C)CC(N2CCc3ccc(N)cc3C2)C(C)(C)O1. The van der Waals surface area contributed by atoms with Crippen LogP contribution in [0.3, 0.4) is 0 Å². The molecular formula is C17H26N2O. The lowest BCUT2D eigenvalue weighted by Gasteiger charge is -2.39. The van der Waals surface area contributed by atoms with E-state index in [-0.39, 0.29) is 11.2 Å². The van der Waals surface area contributed by atoms with Gasteiger partial charge in [-0.1, -0.05) is 6.07 Å². The van der Waals surface area contributed by atoms with E-state index in [2.05, 4.69) is 44.7 Å². The van der Waals surface area contributed by atoms with Gasteiger partial charge in [0.1, 0.15) is 0 Å². The zero-order valence-electron chi connectivity index (χ0n) is 13.1. The zero-order chi connectivity index (χ0) is 14.5. The highest BCUT2D eigenvalue weighted by Gasteiger charge is 2.48.